The van der Waals surface area contributed by atoms with E-state index in [1.54, 1.807) is 19.2 Å². The number of nitrogens with one attached hydrogen (secondary N) is 2. The Morgan fingerprint density at radius 1 is 1.24 bits per heavy atom. The van der Waals surface area contributed by atoms with Gasteiger partial charge in [0.25, 0.3) is 5.91 Å². The van der Waals surface area contributed by atoms with Gasteiger partial charge in [-0.1, -0.05) is 24.3 Å². The summed E-state index contributed by atoms with van der Waals surface area (Å²) in [4.78, 5) is 18.5. The maximum Gasteiger partial charge on any atom is 0.253 e. The number of ether oxygens (including phenoxy) is 1. The zero-order chi connectivity index (χ0) is 20.6. The van der Waals surface area contributed by atoms with Crippen LogP contribution in [0.25, 0.3) is 0 Å². The first kappa shape index (κ1) is 20.8. The molecule has 1 aliphatic rings. The predicted octanol–water partition coefficient (Wildman–Crippen LogP) is 3.15. The zero-order valence-electron chi connectivity index (χ0n) is 16.8. The van der Waals surface area contributed by atoms with Gasteiger partial charge in [0.15, 0.2) is 5.96 Å². The highest BCUT2D eigenvalue weighted by molar-refractivity contribution is 5.94. The molecule has 0 saturated carbocycles. The number of benzene rings is 2. The average Bonchev–Trinajstić information content (AvgIpc) is 3.26. The van der Waals surface area contributed by atoms with Crippen LogP contribution in [0.4, 0.5) is 10.1 Å². The molecule has 0 radical (unpaired) electrons. The summed E-state index contributed by atoms with van der Waals surface area (Å²) < 4.78 is 18.5. The molecule has 6 nitrogen and oxygen atoms in total. The molecule has 1 heterocycles. The van der Waals surface area contributed by atoms with Gasteiger partial charge in [-0.3, -0.25) is 9.79 Å². The van der Waals surface area contributed by atoms with Crippen LogP contribution in [0.2, 0.25) is 0 Å². The van der Waals surface area contributed by atoms with E-state index in [2.05, 4.69) is 15.6 Å². The molecule has 1 aliphatic heterocycles. The summed E-state index contributed by atoms with van der Waals surface area (Å²) in [5.41, 5.74) is 2.77. The van der Waals surface area contributed by atoms with Crippen molar-refractivity contribution in [3.63, 3.8) is 0 Å². The summed E-state index contributed by atoms with van der Waals surface area (Å²) in [6.07, 6.45) is 1.34. The quantitative estimate of drug-likeness (QED) is 0.580. The molecule has 1 amide bonds. The van der Waals surface area contributed by atoms with Crippen LogP contribution >= 0.6 is 0 Å². The third kappa shape index (κ3) is 6.02. The molecule has 2 N–H and O–H groups in total. The van der Waals surface area contributed by atoms with E-state index in [1.807, 2.05) is 36.2 Å². The minimum Gasteiger partial charge on any atom is -0.368 e. The van der Waals surface area contributed by atoms with Gasteiger partial charge in [0.1, 0.15) is 11.9 Å². The first-order valence-corrected chi connectivity index (χ1v) is 9.73. The Kier molecular flexibility index (Phi) is 7.19. The van der Waals surface area contributed by atoms with Crippen molar-refractivity contribution >= 4 is 17.6 Å². The summed E-state index contributed by atoms with van der Waals surface area (Å²) in [5, 5.41) is 6.24. The maximum atomic E-state index is 13.1. The Labute approximate surface area is 170 Å². The number of carbonyl (C=O) groups is 1. The minimum absolute atomic E-state index is 0.0950. The van der Waals surface area contributed by atoms with Crippen LogP contribution in [0.3, 0.4) is 0 Å². The van der Waals surface area contributed by atoms with Crippen LogP contribution in [0.1, 0.15) is 24.0 Å². The van der Waals surface area contributed by atoms with Crippen molar-refractivity contribution < 1.29 is 13.9 Å². The van der Waals surface area contributed by atoms with Gasteiger partial charge in [0, 0.05) is 39.5 Å². The average molecular weight is 398 g/mol. The van der Waals surface area contributed by atoms with Crippen LogP contribution in [-0.4, -0.2) is 43.6 Å². The van der Waals surface area contributed by atoms with Gasteiger partial charge in [0.2, 0.25) is 0 Å². The molecular formula is C22H27FN4O2. The molecule has 2 aromatic rings. The molecule has 0 aliphatic carbocycles. The standard InChI is InChI=1S/C22H27FN4O2/c1-24-22(27(2)15-16-8-10-18(23)11-9-16)25-14-17-5-3-6-19(13-17)26-21(28)20-7-4-12-29-20/h3,5-6,8-11,13,20H,4,7,12,14-15H2,1-2H3,(H,24,25)(H,26,28). The number of carbonyl (C=O) groups excluding carboxylic acids is 1. The monoisotopic (exact) mass is 398 g/mol. The third-order valence-electron chi connectivity index (χ3n) is 4.77. The first-order chi connectivity index (χ1) is 14.0. The lowest BCUT2D eigenvalue weighted by molar-refractivity contribution is -0.124. The number of amides is 1. The third-order valence-corrected chi connectivity index (χ3v) is 4.77. The van der Waals surface area contributed by atoms with E-state index in [0.29, 0.717) is 19.7 Å². The van der Waals surface area contributed by atoms with Gasteiger partial charge in [-0.15, -0.1) is 0 Å². The van der Waals surface area contributed by atoms with E-state index in [9.17, 15) is 9.18 Å². The summed E-state index contributed by atoms with van der Waals surface area (Å²) >= 11 is 0. The molecule has 3 rings (SSSR count). The largest absolute Gasteiger partial charge is 0.368 e. The van der Waals surface area contributed by atoms with Gasteiger partial charge in [0.05, 0.1) is 0 Å². The van der Waals surface area contributed by atoms with Crippen molar-refractivity contribution in [2.24, 2.45) is 4.99 Å². The fraction of sp³-hybridized carbons (Fsp3) is 0.364. The summed E-state index contributed by atoms with van der Waals surface area (Å²) in [6, 6.07) is 14.1. The Morgan fingerprint density at radius 3 is 2.72 bits per heavy atom. The smallest absolute Gasteiger partial charge is 0.253 e. The van der Waals surface area contributed by atoms with Crippen molar-refractivity contribution in [2.45, 2.75) is 32.0 Å². The predicted molar refractivity (Wildman–Crippen MR) is 112 cm³/mol. The fourth-order valence-electron chi connectivity index (χ4n) is 3.27. The van der Waals surface area contributed by atoms with Crippen LogP contribution in [-0.2, 0) is 22.6 Å². The molecule has 1 saturated heterocycles. The first-order valence-electron chi connectivity index (χ1n) is 9.73. The Morgan fingerprint density at radius 2 is 2.03 bits per heavy atom. The molecular weight excluding hydrogens is 371 g/mol. The number of hydrogen-bond acceptors (Lipinski definition) is 3. The van der Waals surface area contributed by atoms with Crippen molar-refractivity contribution in [1.29, 1.82) is 0 Å². The normalized spacial score (nSPS) is 16.5. The number of halogens is 1. The Balaban J connectivity index is 1.54. The van der Waals surface area contributed by atoms with Crippen LogP contribution in [0.15, 0.2) is 53.5 Å². The number of rotatable bonds is 6. The van der Waals surface area contributed by atoms with E-state index < -0.39 is 0 Å². The highest BCUT2D eigenvalue weighted by atomic mass is 19.1. The second-order valence-electron chi connectivity index (χ2n) is 7.07. The lowest BCUT2D eigenvalue weighted by Crippen LogP contribution is -2.38. The van der Waals surface area contributed by atoms with Crippen LogP contribution < -0.4 is 10.6 Å². The molecule has 29 heavy (non-hydrogen) atoms. The van der Waals surface area contributed by atoms with Crippen LogP contribution in [0, 0.1) is 5.82 Å². The summed E-state index contributed by atoms with van der Waals surface area (Å²) in [7, 11) is 3.65. The van der Waals surface area contributed by atoms with E-state index in [4.69, 9.17) is 4.74 Å². The van der Waals surface area contributed by atoms with E-state index in [0.717, 1.165) is 35.6 Å². The molecule has 1 fully saturated rings. The van der Waals surface area contributed by atoms with Gasteiger partial charge < -0.3 is 20.3 Å². The van der Waals surface area contributed by atoms with Crippen LogP contribution in [0.5, 0.6) is 0 Å². The van der Waals surface area contributed by atoms with Crippen molar-refractivity contribution in [3.8, 4) is 0 Å². The number of aliphatic imine (C=N–C) groups is 1. The zero-order valence-corrected chi connectivity index (χ0v) is 16.8. The molecule has 0 bridgehead atoms. The lowest BCUT2D eigenvalue weighted by atomic mass is 10.2. The number of nitrogens with zero attached hydrogens (tertiary/aromatic N) is 2. The molecule has 1 atom stereocenters. The number of anilines is 1. The van der Waals surface area contributed by atoms with Crippen molar-refractivity contribution in [2.75, 3.05) is 26.0 Å². The minimum atomic E-state index is -0.351. The maximum absolute atomic E-state index is 13.1. The second-order valence-corrected chi connectivity index (χ2v) is 7.07. The molecule has 7 heteroatoms. The Hall–Kier alpha value is -2.93. The van der Waals surface area contributed by atoms with Crippen molar-refractivity contribution in [3.05, 3.63) is 65.5 Å². The fourth-order valence-corrected chi connectivity index (χ4v) is 3.27. The van der Waals surface area contributed by atoms with Gasteiger partial charge in [-0.05, 0) is 48.2 Å². The topological polar surface area (TPSA) is 66.0 Å². The number of hydrogen-bond donors (Lipinski definition) is 2. The van der Waals surface area contributed by atoms with E-state index in [-0.39, 0.29) is 17.8 Å². The summed E-state index contributed by atoms with van der Waals surface area (Å²) in [5.74, 6) is 0.385. The van der Waals surface area contributed by atoms with E-state index in [1.165, 1.54) is 12.1 Å². The highest BCUT2D eigenvalue weighted by Crippen LogP contribution is 2.16. The lowest BCUT2D eigenvalue weighted by Gasteiger charge is -2.22. The highest BCUT2D eigenvalue weighted by Gasteiger charge is 2.23. The molecule has 1 unspecified atom stereocenters. The van der Waals surface area contributed by atoms with E-state index >= 15 is 0 Å². The molecule has 154 valence electrons. The SMILES string of the molecule is CN=C(NCc1cccc(NC(=O)C2CCCO2)c1)N(C)Cc1ccc(F)cc1. The summed E-state index contributed by atoms with van der Waals surface area (Å²) in [6.45, 7) is 1.81. The van der Waals surface area contributed by atoms with Gasteiger partial charge in [-0.2, -0.15) is 0 Å². The molecule has 0 spiro atoms. The molecule has 2 aromatic carbocycles. The second kappa shape index (κ2) is 10.0. The molecule has 0 aromatic heterocycles. The van der Waals surface area contributed by atoms with Gasteiger partial charge in [-0.25, -0.2) is 4.39 Å². The van der Waals surface area contributed by atoms with Crippen molar-refractivity contribution in [1.82, 2.24) is 10.2 Å². The van der Waals surface area contributed by atoms with Gasteiger partial charge >= 0.3 is 0 Å². The number of guanidine groups is 1. The Bertz CT molecular complexity index is 848.